The summed E-state index contributed by atoms with van der Waals surface area (Å²) in [5.41, 5.74) is 0. The number of amides is 1. The predicted molar refractivity (Wildman–Crippen MR) is 346 cm³/mol. The highest BCUT2D eigenvalue weighted by atomic mass is 16.3. The van der Waals surface area contributed by atoms with Crippen molar-refractivity contribution in [2.24, 2.45) is 0 Å². The van der Waals surface area contributed by atoms with Gasteiger partial charge in [0.2, 0.25) is 5.91 Å². The average molecular weight is 1090 g/mol. The molecule has 462 valence electrons. The van der Waals surface area contributed by atoms with Gasteiger partial charge in [0.25, 0.3) is 0 Å². The molecule has 0 saturated carbocycles. The molecule has 2 atom stereocenters. The second kappa shape index (κ2) is 69.7. The Balaban J connectivity index is 3.34. The van der Waals surface area contributed by atoms with Crippen LogP contribution in [-0.2, 0) is 4.79 Å². The van der Waals surface area contributed by atoms with Crippen LogP contribution in [0.3, 0.4) is 0 Å². The van der Waals surface area contributed by atoms with E-state index in [2.05, 4.69) is 19.2 Å². The second-order valence-corrected chi connectivity index (χ2v) is 25.7. The lowest BCUT2D eigenvalue weighted by atomic mass is 10.0. The fourth-order valence-electron chi connectivity index (χ4n) is 12.3. The van der Waals surface area contributed by atoms with Gasteiger partial charge in [0, 0.05) is 6.42 Å². The molecule has 0 radical (unpaired) electrons. The first kappa shape index (κ1) is 76.4. The molecule has 0 aromatic carbocycles. The zero-order valence-electron chi connectivity index (χ0n) is 53.5. The first-order valence-corrected chi connectivity index (χ1v) is 36.7. The topological polar surface area (TPSA) is 69.6 Å². The maximum atomic E-state index is 12.6. The van der Waals surface area contributed by atoms with E-state index < -0.39 is 12.1 Å². The molecule has 2 unspecified atom stereocenters. The highest BCUT2D eigenvalue weighted by Gasteiger charge is 2.20. The molecular formula is C73H147NO3. The highest BCUT2D eigenvalue weighted by Crippen LogP contribution is 2.20. The van der Waals surface area contributed by atoms with Crippen molar-refractivity contribution >= 4 is 5.91 Å². The Labute approximate surface area is 486 Å². The molecule has 0 fully saturated rings. The number of carbonyl (C=O) groups excluding carboxylic acids is 1. The Morgan fingerprint density at radius 2 is 0.416 bits per heavy atom. The van der Waals surface area contributed by atoms with Gasteiger partial charge in [0.1, 0.15) is 0 Å². The van der Waals surface area contributed by atoms with E-state index in [0.29, 0.717) is 12.8 Å². The van der Waals surface area contributed by atoms with E-state index in [0.717, 1.165) is 25.7 Å². The lowest BCUT2D eigenvalue weighted by molar-refractivity contribution is -0.123. The van der Waals surface area contributed by atoms with E-state index in [4.69, 9.17) is 0 Å². The number of hydrogen-bond acceptors (Lipinski definition) is 3. The van der Waals surface area contributed by atoms with E-state index in [1.54, 1.807) is 0 Å². The van der Waals surface area contributed by atoms with E-state index >= 15 is 0 Å². The standard InChI is InChI=1S/C73H147NO3/c1-3-5-7-9-11-13-15-17-19-21-23-25-27-29-31-33-35-36-37-39-41-43-45-47-49-51-53-55-57-59-61-63-65-67-69-73(77)74-71(70-75)72(76)68-66-64-62-60-58-56-54-52-50-48-46-44-42-40-38-34-32-30-28-26-24-22-20-18-16-14-12-10-8-6-4-2/h71-72,75-76H,3-70H2,1-2H3,(H,74,77). The van der Waals surface area contributed by atoms with Crippen molar-refractivity contribution in [1.29, 1.82) is 0 Å². The van der Waals surface area contributed by atoms with Gasteiger partial charge < -0.3 is 15.5 Å². The fraction of sp³-hybridized carbons (Fsp3) is 0.986. The van der Waals surface area contributed by atoms with Gasteiger partial charge >= 0.3 is 0 Å². The number of nitrogens with one attached hydrogen (secondary N) is 1. The molecule has 0 saturated heterocycles. The monoisotopic (exact) mass is 1090 g/mol. The third kappa shape index (κ3) is 66.1. The molecule has 0 heterocycles. The van der Waals surface area contributed by atoms with E-state index in [-0.39, 0.29) is 12.5 Å². The maximum Gasteiger partial charge on any atom is 0.220 e. The second-order valence-electron chi connectivity index (χ2n) is 25.7. The van der Waals surface area contributed by atoms with Crippen LogP contribution in [0.15, 0.2) is 0 Å². The molecule has 0 aromatic heterocycles. The molecule has 0 bridgehead atoms. The van der Waals surface area contributed by atoms with Gasteiger partial charge in [-0.25, -0.2) is 0 Å². The molecule has 77 heavy (non-hydrogen) atoms. The van der Waals surface area contributed by atoms with Crippen LogP contribution in [0.1, 0.15) is 444 Å². The quantitative estimate of drug-likeness (QED) is 0.0532. The molecule has 3 N–H and O–H groups in total. The molecule has 0 aromatic rings. The molecule has 4 heteroatoms. The van der Waals surface area contributed by atoms with Crippen LogP contribution in [0.2, 0.25) is 0 Å². The van der Waals surface area contributed by atoms with Crippen LogP contribution in [0, 0.1) is 0 Å². The Morgan fingerprint density at radius 3 is 0.584 bits per heavy atom. The van der Waals surface area contributed by atoms with Crippen LogP contribution in [0.4, 0.5) is 0 Å². The van der Waals surface area contributed by atoms with Gasteiger partial charge in [0.05, 0.1) is 18.8 Å². The van der Waals surface area contributed by atoms with Crippen LogP contribution in [0.25, 0.3) is 0 Å². The summed E-state index contributed by atoms with van der Waals surface area (Å²) in [6, 6.07) is -0.533. The summed E-state index contributed by atoms with van der Waals surface area (Å²) in [7, 11) is 0. The zero-order chi connectivity index (χ0) is 55.5. The number of carbonyl (C=O) groups is 1. The predicted octanol–water partition coefficient (Wildman–Crippen LogP) is 25.0. The molecule has 0 spiro atoms. The van der Waals surface area contributed by atoms with E-state index in [1.165, 1.54) is 392 Å². The average Bonchev–Trinajstić information content (AvgIpc) is 3.43. The van der Waals surface area contributed by atoms with Crippen molar-refractivity contribution < 1.29 is 15.0 Å². The molecule has 0 aliphatic heterocycles. The number of hydrogen-bond donors (Lipinski definition) is 3. The van der Waals surface area contributed by atoms with Crippen molar-refractivity contribution in [1.82, 2.24) is 5.32 Å². The molecule has 4 nitrogen and oxygen atoms in total. The van der Waals surface area contributed by atoms with Crippen molar-refractivity contribution in [3.05, 3.63) is 0 Å². The van der Waals surface area contributed by atoms with Gasteiger partial charge in [-0.05, 0) is 12.8 Å². The minimum absolute atomic E-state index is 0.0186. The minimum Gasteiger partial charge on any atom is -0.394 e. The van der Waals surface area contributed by atoms with Crippen molar-refractivity contribution in [2.75, 3.05) is 6.61 Å². The SMILES string of the molecule is CCCCCCCCCCCCCCCCCCCCCCCCCCCCCCCCCCCCC(=O)NC(CO)C(O)CCCCCCCCCCCCCCCCCCCCCCCCCCCCCCCCC. The summed E-state index contributed by atoms with van der Waals surface area (Å²) in [5, 5.41) is 23.5. The molecular weight excluding hydrogens is 939 g/mol. The van der Waals surface area contributed by atoms with Crippen molar-refractivity contribution in [3.63, 3.8) is 0 Å². The van der Waals surface area contributed by atoms with Gasteiger partial charge in [-0.1, -0.05) is 425 Å². The summed E-state index contributed by atoms with van der Waals surface area (Å²) >= 11 is 0. The van der Waals surface area contributed by atoms with E-state index in [1.807, 2.05) is 0 Å². The first-order valence-electron chi connectivity index (χ1n) is 36.7. The molecule has 1 amide bonds. The lowest BCUT2D eigenvalue weighted by Gasteiger charge is -2.22. The number of rotatable bonds is 70. The molecule has 0 aliphatic carbocycles. The smallest absolute Gasteiger partial charge is 0.220 e. The van der Waals surface area contributed by atoms with Crippen LogP contribution < -0.4 is 5.32 Å². The Bertz CT molecular complexity index is 1050. The fourth-order valence-corrected chi connectivity index (χ4v) is 12.3. The van der Waals surface area contributed by atoms with Crippen molar-refractivity contribution in [2.45, 2.75) is 456 Å². The number of unbranched alkanes of at least 4 members (excludes halogenated alkanes) is 63. The van der Waals surface area contributed by atoms with Gasteiger partial charge in [-0.2, -0.15) is 0 Å². The van der Waals surface area contributed by atoms with E-state index in [9.17, 15) is 15.0 Å². The van der Waals surface area contributed by atoms with Gasteiger partial charge in [-0.3, -0.25) is 4.79 Å². The Morgan fingerprint density at radius 1 is 0.260 bits per heavy atom. The summed E-state index contributed by atoms with van der Waals surface area (Å²) in [6.07, 6.45) is 91.9. The molecule has 0 rings (SSSR count). The lowest BCUT2D eigenvalue weighted by Crippen LogP contribution is -2.45. The third-order valence-corrected chi connectivity index (χ3v) is 17.9. The Hall–Kier alpha value is -0.610. The number of aliphatic hydroxyl groups is 2. The normalized spacial score (nSPS) is 12.5. The third-order valence-electron chi connectivity index (χ3n) is 17.9. The largest absolute Gasteiger partial charge is 0.394 e. The summed E-state index contributed by atoms with van der Waals surface area (Å²) in [6.45, 7) is 4.42. The summed E-state index contributed by atoms with van der Waals surface area (Å²) in [5.74, 6) is -0.0186. The van der Waals surface area contributed by atoms with Crippen LogP contribution >= 0.6 is 0 Å². The minimum atomic E-state index is -0.657. The summed E-state index contributed by atoms with van der Waals surface area (Å²) in [4.78, 5) is 12.6. The van der Waals surface area contributed by atoms with Crippen molar-refractivity contribution in [3.8, 4) is 0 Å². The van der Waals surface area contributed by atoms with Crippen LogP contribution in [0.5, 0.6) is 0 Å². The molecule has 0 aliphatic rings. The van der Waals surface area contributed by atoms with Gasteiger partial charge in [0.15, 0.2) is 0 Å². The first-order chi connectivity index (χ1) is 38.2. The Kier molecular flexibility index (Phi) is 69.1. The zero-order valence-corrected chi connectivity index (χ0v) is 53.5. The number of aliphatic hydroxyl groups excluding tert-OH is 2. The van der Waals surface area contributed by atoms with Gasteiger partial charge in [-0.15, -0.1) is 0 Å². The summed E-state index contributed by atoms with van der Waals surface area (Å²) < 4.78 is 0. The highest BCUT2D eigenvalue weighted by molar-refractivity contribution is 5.76. The maximum absolute atomic E-state index is 12.6. The van der Waals surface area contributed by atoms with Crippen LogP contribution in [-0.4, -0.2) is 34.9 Å².